The number of rotatable bonds is 4. The van der Waals surface area contributed by atoms with Gasteiger partial charge in [-0.3, -0.25) is 9.59 Å². The van der Waals surface area contributed by atoms with E-state index in [0.29, 0.717) is 24.8 Å². The molecule has 28 heavy (non-hydrogen) atoms. The number of aromatic nitrogens is 2. The molecular formula is C22H27N3O3. The van der Waals surface area contributed by atoms with Crippen LogP contribution in [-0.4, -0.2) is 38.1 Å². The van der Waals surface area contributed by atoms with Crippen molar-refractivity contribution in [2.45, 2.75) is 58.0 Å². The van der Waals surface area contributed by atoms with E-state index in [-0.39, 0.29) is 23.6 Å². The molecule has 0 bridgehead atoms. The number of nitrogens with zero attached hydrogens (tertiary/aromatic N) is 3. The van der Waals surface area contributed by atoms with E-state index >= 15 is 0 Å². The Balaban J connectivity index is 1.90. The molecule has 2 heterocycles. The third kappa shape index (κ3) is 3.11. The number of benzene rings is 1. The summed E-state index contributed by atoms with van der Waals surface area (Å²) in [5.41, 5.74) is 0.494. The minimum absolute atomic E-state index is 0.00659. The van der Waals surface area contributed by atoms with Crippen molar-refractivity contribution in [3.05, 3.63) is 57.8 Å². The van der Waals surface area contributed by atoms with Crippen molar-refractivity contribution in [3.63, 3.8) is 0 Å². The minimum atomic E-state index is -0.709. The minimum Gasteiger partial charge on any atom is -0.501 e. The van der Waals surface area contributed by atoms with Gasteiger partial charge in [-0.25, -0.2) is 0 Å². The summed E-state index contributed by atoms with van der Waals surface area (Å²) < 4.78 is 1.80. The van der Waals surface area contributed by atoms with Gasteiger partial charge in [0.1, 0.15) is 5.82 Å². The van der Waals surface area contributed by atoms with Gasteiger partial charge in [0.05, 0.1) is 0 Å². The molecule has 1 aliphatic carbocycles. The smallest absolute Gasteiger partial charge is 0.315 e. The van der Waals surface area contributed by atoms with Gasteiger partial charge in [-0.1, -0.05) is 43.2 Å². The fourth-order valence-corrected chi connectivity index (χ4v) is 4.76. The lowest BCUT2D eigenvalue weighted by molar-refractivity contribution is 0.0636. The Morgan fingerprint density at radius 2 is 1.75 bits per heavy atom. The number of carbonyl (C=O) groups is 1. The molecule has 1 unspecified atom stereocenters. The lowest BCUT2D eigenvalue weighted by Gasteiger charge is -2.36. The molecule has 1 N–H and O–H groups in total. The summed E-state index contributed by atoms with van der Waals surface area (Å²) in [6.45, 7) is 4.96. The molecule has 4 rings (SSSR count). The van der Waals surface area contributed by atoms with Crippen LogP contribution in [0, 0.1) is 5.92 Å². The Morgan fingerprint density at radius 1 is 1.07 bits per heavy atom. The van der Waals surface area contributed by atoms with Crippen molar-refractivity contribution in [1.82, 2.24) is 14.5 Å². The fourth-order valence-electron chi connectivity index (χ4n) is 4.76. The van der Waals surface area contributed by atoms with E-state index in [4.69, 9.17) is 0 Å². The Labute approximate surface area is 164 Å². The Morgan fingerprint density at radius 3 is 2.39 bits per heavy atom. The van der Waals surface area contributed by atoms with Crippen LogP contribution in [-0.2, 0) is 6.54 Å². The predicted molar refractivity (Wildman–Crippen MR) is 107 cm³/mol. The van der Waals surface area contributed by atoms with E-state index in [9.17, 15) is 14.7 Å². The topological polar surface area (TPSA) is 75.4 Å². The van der Waals surface area contributed by atoms with Crippen LogP contribution in [0.3, 0.4) is 0 Å². The van der Waals surface area contributed by atoms with Gasteiger partial charge >= 0.3 is 5.56 Å². The molecule has 1 aromatic heterocycles. The van der Waals surface area contributed by atoms with E-state index in [1.807, 2.05) is 32.0 Å². The van der Waals surface area contributed by atoms with E-state index in [2.05, 4.69) is 17.1 Å². The van der Waals surface area contributed by atoms with Crippen molar-refractivity contribution >= 4 is 5.91 Å². The number of fused-ring (bicyclic) bond motifs is 1. The van der Waals surface area contributed by atoms with Gasteiger partial charge in [0, 0.05) is 25.0 Å². The summed E-state index contributed by atoms with van der Waals surface area (Å²) in [6, 6.07) is 10.1. The predicted octanol–water partition coefficient (Wildman–Crippen LogP) is 3.14. The monoisotopic (exact) mass is 381 g/mol. The van der Waals surface area contributed by atoms with Crippen LogP contribution < -0.4 is 5.56 Å². The molecule has 1 saturated carbocycles. The summed E-state index contributed by atoms with van der Waals surface area (Å²) in [5.74, 6) is 0.130. The number of aromatic hydroxyl groups is 1. The van der Waals surface area contributed by atoms with Crippen LogP contribution in [0.4, 0.5) is 0 Å². The number of amides is 1. The molecule has 2 aromatic rings. The molecule has 1 aromatic carbocycles. The molecule has 0 saturated heterocycles. The lowest BCUT2D eigenvalue weighted by Crippen LogP contribution is -2.46. The first kappa shape index (κ1) is 18.7. The van der Waals surface area contributed by atoms with E-state index in [1.165, 1.54) is 12.8 Å². The summed E-state index contributed by atoms with van der Waals surface area (Å²) in [5, 5.41) is 10.4. The zero-order valence-corrected chi connectivity index (χ0v) is 16.5. The molecule has 0 radical (unpaired) electrons. The summed E-state index contributed by atoms with van der Waals surface area (Å²) in [6.07, 6.45) is 4.50. The second kappa shape index (κ2) is 7.41. The van der Waals surface area contributed by atoms with Gasteiger partial charge in [0.2, 0.25) is 5.75 Å². The molecular weight excluding hydrogens is 354 g/mol. The molecule has 1 atom stereocenters. The Kier molecular flexibility index (Phi) is 4.96. The van der Waals surface area contributed by atoms with Gasteiger partial charge in [-0.15, -0.1) is 0 Å². The van der Waals surface area contributed by atoms with Crippen LogP contribution in [0.25, 0.3) is 0 Å². The number of hydrogen-bond donors (Lipinski definition) is 1. The molecule has 2 aliphatic rings. The number of hydrogen-bond acceptors (Lipinski definition) is 4. The maximum Gasteiger partial charge on any atom is 0.315 e. The second-order valence-electron chi connectivity index (χ2n) is 8.15. The highest BCUT2D eigenvalue weighted by Gasteiger charge is 2.37. The maximum atomic E-state index is 13.0. The zero-order valence-electron chi connectivity index (χ0n) is 16.5. The van der Waals surface area contributed by atoms with Crippen molar-refractivity contribution in [2.75, 3.05) is 6.54 Å². The van der Waals surface area contributed by atoms with Gasteiger partial charge in [-0.05, 0) is 38.2 Å². The van der Waals surface area contributed by atoms with Crippen LogP contribution in [0.5, 0.6) is 5.75 Å². The lowest BCUT2D eigenvalue weighted by atomic mass is 9.83. The quantitative estimate of drug-likeness (QED) is 0.883. The van der Waals surface area contributed by atoms with Crippen LogP contribution in [0.2, 0.25) is 0 Å². The first-order chi connectivity index (χ1) is 13.5. The Bertz CT molecular complexity index is 930. The van der Waals surface area contributed by atoms with Gasteiger partial charge in [-0.2, -0.15) is 4.98 Å². The van der Waals surface area contributed by atoms with Gasteiger partial charge in [0.15, 0.2) is 5.69 Å². The molecule has 6 heteroatoms. The highest BCUT2D eigenvalue weighted by molar-refractivity contribution is 5.95. The first-order valence-corrected chi connectivity index (χ1v) is 10.2. The second-order valence-corrected chi connectivity index (χ2v) is 8.15. The fraction of sp³-hybridized carbons (Fsp3) is 0.500. The van der Waals surface area contributed by atoms with E-state index in [0.717, 1.165) is 18.4 Å². The third-order valence-corrected chi connectivity index (χ3v) is 6.15. The number of carbonyl (C=O) groups excluding carboxylic acids is 1. The average molecular weight is 381 g/mol. The van der Waals surface area contributed by atoms with Crippen LogP contribution in [0.1, 0.15) is 67.3 Å². The summed E-state index contributed by atoms with van der Waals surface area (Å²) in [4.78, 5) is 31.6. The van der Waals surface area contributed by atoms with E-state index in [1.54, 1.807) is 9.47 Å². The molecule has 148 valence electrons. The molecule has 6 nitrogen and oxygen atoms in total. The average Bonchev–Trinajstić information content (AvgIpc) is 3.20. The normalized spacial score (nSPS) is 18.5. The molecule has 1 amide bonds. The summed E-state index contributed by atoms with van der Waals surface area (Å²) in [7, 11) is 0. The SMILES string of the molecule is CC(C)N1CCn2c(C(c3ccccc3)C3CCCC3)nc(=O)c(O)c2C1=O. The van der Waals surface area contributed by atoms with Gasteiger partial charge < -0.3 is 14.6 Å². The first-order valence-electron chi connectivity index (χ1n) is 10.2. The zero-order chi connectivity index (χ0) is 19.8. The van der Waals surface area contributed by atoms with Crippen molar-refractivity contribution in [3.8, 4) is 5.75 Å². The standard InChI is InChI=1S/C22H27N3O3/c1-14(2)24-12-13-25-18(22(24)28)19(26)21(27)23-20(25)17(16-10-6-7-11-16)15-8-4-3-5-9-15/h3-5,8-9,14,16-17,26H,6-7,10-13H2,1-2H3. The Hall–Kier alpha value is -2.63. The molecule has 0 spiro atoms. The molecule has 1 fully saturated rings. The maximum absolute atomic E-state index is 13.0. The largest absolute Gasteiger partial charge is 0.501 e. The van der Waals surface area contributed by atoms with Crippen LogP contribution >= 0.6 is 0 Å². The highest BCUT2D eigenvalue weighted by Crippen LogP contribution is 2.41. The third-order valence-electron chi connectivity index (χ3n) is 6.15. The van der Waals surface area contributed by atoms with Gasteiger partial charge in [0.25, 0.3) is 5.91 Å². The van der Waals surface area contributed by atoms with Crippen molar-refractivity contribution < 1.29 is 9.90 Å². The summed E-state index contributed by atoms with van der Waals surface area (Å²) >= 11 is 0. The molecule has 1 aliphatic heterocycles. The van der Waals surface area contributed by atoms with E-state index < -0.39 is 11.3 Å². The van der Waals surface area contributed by atoms with Crippen LogP contribution in [0.15, 0.2) is 35.1 Å². The van der Waals surface area contributed by atoms with Crippen molar-refractivity contribution in [1.29, 1.82) is 0 Å². The highest BCUT2D eigenvalue weighted by atomic mass is 16.3. The van der Waals surface area contributed by atoms with Crippen molar-refractivity contribution in [2.24, 2.45) is 5.92 Å².